The standard InChI is InChI=1S/C21H18O6.C6H13NO3/c1-9(22)10-6-7-11-13(8-10)20(25)16-17(18(11)23)21(26)15-12(19(16)24)4-3-5-14(15)27-2;1-3-6(9)4(7)2-5(8)10-3/h3-5,10,23,25H,6-8H2,1-2H3;3-6,8-9H,2,7H2,1H3/t10-;/m0./s1. The van der Waals surface area contributed by atoms with Gasteiger partial charge in [0.15, 0.2) is 12.1 Å². The molecule has 0 spiro atoms. The lowest BCUT2D eigenvalue weighted by atomic mass is 9.75. The second-order valence-corrected chi connectivity index (χ2v) is 9.68. The molecule has 198 valence electrons. The molecular formula is C27H31NO9. The van der Waals surface area contributed by atoms with Crippen molar-refractivity contribution in [2.75, 3.05) is 7.11 Å². The van der Waals surface area contributed by atoms with E-state index < -0.39 is 24.0 Å². The Morgan fingerprint density at radius 3 is 2.32 bits per heavy atom. The van der Waals surface area contributed by atoms with Crippen LogP contribution in [-0.4, -0.2) is 69.4 Å². The monoisotopic (exact) mass is 513 g/mol. The smallest absolute Gasteiger partial charge is 0.202 e. The highest BCUT2D eigenvalue weighted by Crippen LogP contribution is 2.47. The summed E-state index contributed by atoms with van der Waals surface area (Å²) in [7, 11) is 1.40. The van der Waals surface area contributed by atoms with Crippen LogP contribution in [0, 0.1) is 5.92 Å². The van der Waals surface area contributed by atoms with E-state index >= 15 is 0 Å². The molecule has 2 aromatic carbocycles. The molecule has 1 aliphatic heterocycles. The van der Waals surface area contributed by atoms with Gasteiger partial charge in [-0.1, -0.05) is 12.1 Å². The molecule has 2 aliphatic carbocycles. The van der Waals surface area contributed by atoms with Crippen molar-refractivity contribution in [3.8, 4) is 17.2 Å². The Hall–Kier alpha value is -3.31. The average Bonchev–Trinajstić information content (AvgIpc) is 2.87. The van der Waals surface area contributed by atoms with Gasteiger partial charge in [0.2, 0.25) is 5.78 Å². The number of hydrogen-bond donors (Lipinski definition) is 5. The van der Waals surface area contributed by atoms with E-state index in [2.05, 4.69) is 0 Å². The zero-order valence-corrected chi connectivity index (χ0v) is 20.9. The Labute approximate surface area is 213 Å². The quantitative estimate of drug-likeness (QED) is 0.315. The molecule has 5 atom stereocenters. The van der Waals surface area contributed by atoms with Crippen LogP contribution < -0.4 is 10.5 Å². The van der Waals surface area contributed by atoms with Crippen molar-refractivity contribution in [2.24, 2.45) is 11.7 Å². The Balaban J connectivity index is 0.000000270. The lowest BCUT2D eigenvalue weighted by Gasteiger charge is -2.33. The number of methoxy groups -OCH3 is 1. The van der Waals surface area contributed by atoms with Gasteiger partial charge in [-0.2, -0.15) is 0 Å². The summed E-state index contributed by atoms with van der Waals surface area (Å²) in [4.78, 5) is 37.9. The molecular weight excluding hydrogens is 482 g/mol. The predicted molar refractivity (Wildman–Crippen MR) is 131 cm³/mol. The fourth-order valence-corrected chi connectivity index (χ4v) is 5.26. The van der Waals surface area contributed by atoms with Crippen LogP contribution >= 0.6 is 0 Å². The van der Waals surface area contributed by atoms with Crippen molar-refractivity contribution in [2.45, 2.75) is 64.1 Å². The number of benzene rings is 2. The van der Waals surface area contributed by atoms with Crippen molar-refractivity contribution in [3.63, 3.8) is 0 Å². The summed E-state index contributed by atoms with van der Waals surface area (Å²) in [6.45, 7) is 3.18. The molecule has 2 aromatic rings. The van der Waals surface area contributed by atoms with E-state index in [1.54, 1.807) is 19.1 Å². The summed E-state index contributed by atoms with van der Waals surface area (Å²) in [5, 5.41) is 39.8. The van der Waals surface area contributed by atoms with Gasteiger partial charge in [-0.15, -0.1) is 0 Å². The highest BCUT2D eigenvalue weighted by molar-refractivity contribution is 6.31. The fourth-order valence-electron chi connectivity index (χ4n) is 5.26. The molecule has 4 unspecified atom stereocenters. The van der Waals surface area contributed by atoms with Crippen molar-refractivity contribution in [1.29, 1.82) is 0 Å². The van der Waals surface area contributed by atoms with Gasteiger partial charge in [0.05, 0.1) is 36.0 Å². The van der Waals surface area contributed by atoms with Crippen LogP contribution in [0.25, 0.3) is 0 Å². The average molecular weight is 514 g/mol. The van der Waals surface area contributed by atoms with Crippen LogP contribution in [0.3, 0.4) is 0 Å². The van der Waals surface area contributed by atoms with Crippen LogP contribution in [-0.2, 0) is 22.4 Å². The molecule has 3 aliphatic rings. The normalized spacial score (nSPS) is 26.3. The number of aromatic hydroxyl groups is 2. The van der Waals surface area contributed by atoms with E-state index in [0.717, 1.165) is 0 Å². The highest BCUT2D eigenvalue weighted by Gasteiger charge is 2.40. The summed E-state index contributed by atoms with van der Waals surface area (Å²) in [5.41, 5.74) is 6.12. The number of aliphatic hydroxyl groups is 2. The molecule has 1 heterocycles. The number of phenols is 2. The molecule has 1 saturated heterocycles. The topological polar surface area (TPSA) is 177 Å². The SMILES string of the molecule is CC1OC(O)CC(N)C1O.COc1cccc2c1C(=O)c1c(O)c3c(c(O)c1C2=O)C[C@@H](C(C)=O)CC3. The van der Waals surface area contributed by atoms with Crippen LogP contribution in [0.1, 0.15) is 69.7 Å². The summed E-state index contributed by atoms with van der Waals surface area (Å²) in [5.74, 6) is -1.73. The first-order valence-electron chi connectivity index (χ1n) is 12.1. The van der Waals surface area contributed by atoms with E-state index in [-0.39, 0.29) is 69.8 Å². The first-order valence-corrected chi connectivity index (χ1v) is 12.1. The number of rotatable bonds is 2. The number of hydrogen-bond acceptors (Lipinski definition) is 10. The molecule has 10 heteroatoms. The lowest BCUT2D eigenvalue weighted by Crippen LogP contribution is -2.51. The van der Waals surface area contributed by atoms with Gasteiger partial charge in [0, 0.05) is 35.1 Å². The van der Waals surface area contributed by atoms with Crippen molar-refractivity contribution < 1.29 is 44.3 Å². The second kappa shape index (κ2) is 10.2. The van der Waals surface area contributed by atoms with Crippen LogP contribution in [0.4, 0.5) is 0 Å². The summed E-state index contributed by atoms with van der Waals surface area (Å²) >= 11 is 0. The molecule has 0 aromatic heterocycles. The Bertz CT molecular complexity index is 1260. The minimum atomic E-state index is -0.812. The molecule has 0 saturated carbocycles. The first-order chi connectivity index (χ1) is 17.5. The summed E-state index contributed by atoms with van der Waals surface area (Å²) < 4.78 is 10.1. The Morgan fingerprint density at radius 2 is 1.70 bits per heavy atom. The minimum absolute atomic E-state index is 0.00487. The molecule has 0 radical (unpaired) electrons. The van der Waals surface area contributed by atoms with E-state index in [0.29, 0.717) is 30.4 Å². The van der Waals surface area contributed by atoms with Gasteiger partial charge < -0.3 is 35.6 Å². The van der Waals surface area contributed by atoms with Crippen molar-refractivity contribution >= 4 is 17.3 Å². The largest absolute Gasteiger partial charge is 0.507 e. The predicted octanol–water partition coefficient (Wildman–Crippen LogP) is 1.38. The minimum Gasteiger partial charge on any atom is -0.507 e. The van der Waals surface area contributed by atoms with Gasteiger partial charge in [-0.05, 0) is 39.2 Å². The molecule has 1 fully saturated rings. The fraction of sp³-hybridized carbons (Fsp3) is 0.444. The summed E-state index contributed by atoms with van der Waals surface area (Å²) in [6, 6.07) is 4.30. The zero-order valence-electron chi connectivity index (χ0n) is 20.9. The second-order valence-electron chi connectivity index (χ2n) is 9.68. The van der Waals surface area contributed by atoms with Crippen molar-refractivity contribution in [3.05, 3.63) is 51.6 Å². The van der Waals surface area contributed by atoms with Gasteiger partial charge in [0.1, 0.15) is 23.0 Å². The van der Waals surface area contributed by atoms with Crippen molar-refractivity contribution in [1.82, 2.24) is 0 Å². The van der Waals surface area contributed by atoms with E-state index in [1.807, 2.05) is 0 Å². The van der Waals surface area contributed by atoms with E-state index in [1.165, 1.54) is 20.1 Å². The summed E-state index contributed by atoms with van der Waals surface area (Å²) in [6.07, 6.45) is -0.395. The van der Waals surface area contributed by atoms with Crippen LogP contribution in [0.5, 0.6) is 17.2 Å². The van der Waals surface area contributed by atoms with Gasteiger partial charge in [0.25, 0.3) is 0 Å². The Kier molecular flexibility index (Phi) is 7.38. The highest BCUT2D eigenvalue weighted by atomic mass is 16.6. The number of ether oxygens (including phenoxy) is 2. The molecule has 0 bridgehead atoms. The molecule has 6 N–H and O–H groups in total. The van der Waals surface area contributed by atoms with E-state index in [9.17, 15) is 29.7 Å². The number of phenolic OH excluding ortho intramolecular Hbond substituents is 2. The number of carbonyl (C=O) groups excluding carboxylic acids is 3. The molecule has 0 amide bonds. The molecule has 10 nitrogen and oxygen atoms in total. The third kappa shape index (κ3) is 4.61. The van der Waals surface area contributed by atoms with Gasteiger partial charge in [-0.3, -0.25) is 14.4 Å². The van der Waals surface area contributed by atoms with Gasteiger partial charge in [-0.25, -0.2) is 0 Å². The Morgan fingerprint density at radius 1 is 1.05 bits per heavy atom. The number of Topliss-reactive ketones (excluding diaryl/α,β-unsaturated/α-hetero) is 1. The van der Waals surface area contributed by atoms with Crippen LogP contribution in [0.15, 0.2) is 18.2 Å². The lowest BCUT2D eigenvalue weighted by molar-refractivity contribution is -0.198. The molecule has 37 heavy (non-hydrogen) atoms. The maximum absolute atomic E-state index is 13.1. The number of aliphatic hydroxyl groups excluding tert-OH is 2. The first kappa shape index (κ1) is 26.7. The van der Waals surface area contributed by atoms with Gasteiger partial charge >= 0.3 is 0 Å². The number of carbonyl (C=O) groups is 3. The van der Waals surface area contributed by atoms with E-state index in [4.69, 9.17) is 20.3 Å². The maximum Gasteiger partial charge on any atom is 0.202 e. The zero-order chi connectivity index (χ0) is 27.2. The number of fused-ring (bicyclic) bond motifs is 3. The third-order valence-electron chi connectivity index (χ3n) is 7.36. The third-order valence-corrected chi connectivity index (χ3v) is 7.36. The molecule has 5 rings (SSSR count). The van der Waals surface area contributed by atoms with Crippen LogP contribution in [0.2, 0.25) is 0 Å². The number of ketones is 3. The number of nitrogens with two attached hydrogens (primary N) is 1. The maximum atomic E-state index is 13.1.